The van der Waals surface area contributed by atoms with Crippen molar-refractivity contribution in [2.75, 3.05) is 44.2 Å². The van der Waals surface area contributed by atoms with E-state index in [1.54, 1.807) is 17.2 Å². The molecule has 3 aliphatic heterocycles. The molecule has 2 aromatic rings. The average Bonchev–Trinajstić information content (AvgIpc) is 3.06. The van der Waals surface area contributed by atoms with E-state index in [1.807, 2.05) is 30.3 Å². The van der Waals surface area contributed by atoms with Gasteiger partial charge in [0.2, 0.25) is 0 Å². The Kier molecular flexibility index (Phi) is 8.84. The Hall–Kier alpha value is -2.77. The first-order valence-corrected chi connectivity index (χ1v) is 14.3. The Labute approximate surface area is 221 Å². The molecule has 1 unspecified atom stereocenters. The standard InChI is InChI=1S/C30H41N5O2/c36-28-23-24-11-10-16-31-29(24)35(27-15-3-2-14-26(27)28)30(37)32-17-22-34-21-9-5-13-25(34)12-4-8-20-33-18-6-1-7-19-33/h2-3,10-11,14-16,25H,1,4-9,12-13,17-23H2,(H,32,37). The minimum Gasteiger partial charge on any atom is -0.336 e. The number of hydrogen-bond acceptors (Lipinski definition) is 5. The van der Waals surface area contributed by atoms with Crippen LogP contribution in [0.1, 0.15) is 73.7 Å². The van der Waals surface area contributed by atoms with E-state index in [9.17, 15) is 9.59 Å². The van der Waals surface area contributed by atoms with Gasteiger partial charge < -0.3 is 10.2 Å². The fourth-order valence-corrected chi connectivity index (χ4v) is 6.23. The number of hydrogen-bond donors (Lipinski definition) is 1. The van der Waals surface area contributed by atoms with Crippen molar-refractivity contribution in [1.82, 2.24) is 20.1 Å². The molecule has 1 aromatic heterocycles. The Morgan fingerprint density at radius 1 is 0.946 bits per heavy atom. The summed E-state index contributed by atoms with van der Waals surface area (Å²) in [6.07, 6.45) is 13.7. The Balaban J connectivity index is 1.17. The molecule has 3 aliphatic rings. The molecule has 4 heterocycles. The molecule has 198 valence electrons. The highest BCUT2D eigenvalue weighted by Gasteiger charge is 2.30. The Morgan fingerprint density at radius 3 is 2.68 bits per heavy atom. The quantitative estimate of drug-likeness (QED) is 0.503. The normalized spacial score (nSPS) is 20.7. The van der Waals surface area contributed by atoms with Crippen LogP contribution in [0.25, 0.3) is 0 Å². The predicted molar refractivity (Wildman–Crippen MR) is 148 cm³/mol. The number of Topliss-reactive ketones (excluding diaryl/α,β-unsaturated/α-hetero) is 1. The fraction of sp³-hybridized carbons (Fsp3) is 0.567. The van der Waals surface area contributed by atoms with Crippen LogP contribution in [-0.4, -0.2) is 71.9 Å². The van der Waals surface area contributed by atoms with Crippen LogP contribution in [0.2, 0.25) is 0 Å². The number of piperidine rings is 2. The van der Waals surface area contributed by atoms with Gasteiger partial charge in [-0.1, -0.05) is 37.5 Å². The summed E-state index contributed by atoms with van der Waals surface area (Å²) in [5, 5.41) is 3.14. The molecule has 7 nitrogen and oxygen atoms in total. The largest absolute Gasteiger partial charge is 0.336 e. The second-order valence-electron chi connectivity index (χ2n) is 10.8. The third kappa shape index (κ3) is 6.39. The third-order valence-corrected chi connectivity index (χ3v) is 8.21. The minimum absolute atomic E-state index is 0.0107. The van der Waals surface area contributed by atoms with Crippen LogP contribution in [0.5, 0.6) is 0 Å². The lowest BCUT2D eigenvalue weighted by Crippen LogP contribution is -2.46. The van der Waals surface area contributed by atoms with Crippen molar-refractivity contribution in [2.45, 2.75) is 70.3 Å². The van der Waals surface area contributed by atoms with Crippen LogP contribution in [0, 0.1) is 0 Å². The van der Waals surface area contributed by atoms with Gasteiger partial charge in [-0.25, -0.2) is 14.7 Å². The van der Waals surface area contributed by atoms with Crippen molar-refractivity contribution in [3.63, 3.8) is 0 Å². The second kappa shape index (κ2) is 12.7. The van der Waals surface area contributed by atoms with Crippen LogP contribution in [0.4, 0.5) is 16.3 Å². The number of anilines is 2. The first kappa shape index (κ1) is 25.9. The van der Waals surface area contributed by atoms with E-state index < -0.39 is 0 Å². The van der Waals surface area contributed by atoms with Gasteiger partial charge in [-0.3, -0.25) is 9.69 Å². The zero-order valence-corrected chi connectivity index (χ0v) is 22.0. The summed E-state index contributed by atoms with van der Waals surface area (Å²) in [4.78, 5) is 37.7. The van der Waals surface area contributed by atoms with E-state index in [-0.39, 0.29) is 18.2 Å². The fourth-order valence-electron chi connectivity index (χ4n) is 6.23. The smallest absolute Gasteiger partial charge is 0.327 e. The number of pyridine rings is 1. The number of rotatable bonds is 8. The van der Waals surface area contributed by atoms with Crippen LogP contribution in [0.15, 0.2) is 42.6 Å². The number of fused-ring (bicyclic) bond motifs is 2. The maximum absolute atomic E-state index is 13.5. The summed E-state index contributed by atoms with van der Waals surface area (Å²) in [5.41, 5.74) is 1.95. The van der Waals surface area contributed by atoms with Crippen molar-refractivity contribution in [3.05, 3.63) is 53.7 Å². The highest BCUT2D eigenvalue weighted by molar-refractivity contribution is 6.11. The van der Waals surface area contributed by atoms with Gasteiger partial charge >= 0.3 is 6.03 Å². The summed E-state index contributed by atoms with van der Waals surface area (Å²) < 4.78 is 0. The van der Waals surface area contributed by atoms with Crippen molar-refractivity contribution >= 4 is 23.3 Å². The lowest BCUT2D eigenvalue weighted by molar-refractivity contribution is 0.0994. The molecule has 2 saturated heterocycles. The maximum atomic E-state index is 13.5. The summed E-state index contributed by atoms with van der Waals surface area (Å²) in [6.45, 7) is 6.36. The molecule has 2 fully saturated rings. The Bertz CT molecular complexity index is 1070. The maximum Gasteiger partial charge on any atom is 0.327 e. The minimum atomic E-state index is -0.225. The summed E-state index contributed by atoms with van der Waals surface area (Å²) in [7, 11) is 0. The summed E-state index contributed by atoms with van der Waals surface area (Å²) in [6, 6.07) is 11.4. The Morgan fingerprint density at radius 2 is 1.78 bits per heavy atom. The number of para-hydroxylation sites is 1. The van der Waals surface area contributed by atoms with Gasteiger partial charge in [0.05, 0.1) is 5.69 Å². The van der Waals surface area contributed by atoms with E-state index in [0.29, 0.717) is 29.7 Å². The molecular formula is C30H41N5O2. The molecular weight excluding hydrogens is 462 g/mol. The number of urea groups is 1. The van der Waals surface area contributed by atoms with Gasteiger partial charge in [0.15, 0.2) is 5.78 Å². The zero-order valence-electron chi connectivity index (χ0n) is 22.0. The van der Waals surface area contributed by atoms with Gasteiger partial charge in [0.25, 0.3) is 0 Å². The predicted octanol–water partition coefficient (Wildman–Crippen LogP) is 5.18. The molecule has 7 heteroatoms. The summed E-state index contributed by atoms with van der Waals surface area (Å²) >= 11 is 0. The molecule has 2 amide bonds. The number of unbranched alkanes of at least 4 members (excludes halogenated alkanes) is 1. The van der Waals surface area contributed by atoms with E-state index >= 15 is 0 Å². The van der Waals surface area contributed by atoms with Gasteiger partial charge in [-0.15, -0.1) is 0 Å². The number of carbonyl (C=O) groups excluding carboxylic acids is 2. The first-order chi connectivity index (χ1) is 18.2. The molecule has 1 N–H and O–H groups in total. The molecule has 1 aromatic carbocycles. The number of likely N-dealkylation sites (tertiary alicyclic amines) is 2. The zero-order chi connectivity index (χ0) is 25.5. The molecule has 0 saturated carbocycles. The molecule has 37 heavy (non-hydrogen) atoms. The number of amides is 2. The van der Waals surface area contributed by atoms with E-state index in [4.69, 9.17) is 0 Å². The van der Waals surface area contributed by atoms with Crippen LogP contribution < -0.4 is 10.2 Å². The topological polar surface area (TPSA) is 68.8 Å². The van der Waals surface area contributed by atoms with Crippen molar-refractivity contribution in [1.29, 1.82) is 0 Å². The summed E-state index contributed by atoms with van der Waals surface area (Å²) in [5.74, 6) is 0.555. The lowest BCUT2D eigenvalue weighted by Gasteiger charge is -2.36. The van der Waals surface area contributed by atoms with Crippen LogP contribution >= 0.6 is 0 Å². The SMILES string of the molecule is O=C1Cc2cccnc2N(C(=O)NCCN2CCCCC2CCCCN2CCCCC2)c2ccccc21. The van der Waals surface area contributed by atoms with E-state index in [2.05, 4.69) is 20.1 Å². The molecule has 5 rings (SSSR count). The van der Waals surface area contributed by atoms with Gasteiger partial charge in [-0.05, 0) is 82.9 Å². The molecule has 0 spiro atoms. The van der Waals surface area contributed by atoms with Crippen LogP contribution in [0.3, 0.4) is 0 Å². The van der Waals surface area contributed by atoms with E-state index in [1.165, 1.54) is 77.4 Å². The average molecular weight is 504 g/mol. The number of benzene rings is 1. The van der Waals surface area contributed by atoms with Crippen molar-refractivity contribution in [3.8, 4) is 0 Å². The molecule has 0 aliphatic carbocycles. The van der Waals surface area contributed by atoms with Crippen molar-refractivity contribution in [2.24, 2.45) is 0 Å². The number of ketones is 1. The van der Waals surface area contributed by atoms with Gasteiger partial charge in [0, 0.05) is 42.9 Å². The molecule has 1 atom stereocenters. The number of aromatic nitrogens is 1. The monoisotopic (exact) mass is 503 g/mol. The number of nitrogens with one attached hydrogen (secondary N) is 1. The third-order valence-electron chi connectivity index (χ3n) is 8.21. The first-order valence-electron chi connectivity index (χ1n) is 14.3. The van der Waals surface area contributed by atoms with Gasteiger partial charge in [-0.2, -0.15) is 0 Å². The van der Waals surface area contributed by atoms with Gasteiger partial charge in [0.1, 0.15) is 5.82 Å². The van der Waals surface area contributed by atoms with Crippen LogP contribution in [-0.2, 0) is 6.42 Å². The highest BCUT2D eigenvalue weighted by Crippen LogP contribution is 2.34. The van der Waals surface area contributed by atoms with Crippen molar-refractivity contribution < 1.29 is 9.59 Å². The number of carbonyl (C=O) groups is 2. The molecule has 0 bridgehead atoms. The molecule has 0 radical (unpaired) electrons. The van der Waals surface area contributed by atoms with E-state index in [0.717, 1.165) is 18.7 Å². The number of nitrogens with zero attached hydrogens (tertiary/aromatic N) is 4. The second-order valence-corrected chi connectivity index (χ2v) is 10.8. The lowest BCUT2D eigenvalue weighted by atomic mass is 9.97. The highest BCUT2D eigenvalue weighted by atomic mass is 16.2.